The summed E-state index contributed by atoms with van der Waals surface area (Å²) < 4.78 is 0. The summed E-state index contributed by atoms with van der Waals surface area (Å²) in [5.41, 5.74) is 2.76. The third-order valence-electron chi connectivity index (χ3n) is 4.64. The molecule has 3 rings (SSSR count). The van der Waals surface area contributed by atoms with Gasteiger partial charge in [-0.05, 0) is 69.2 Å². The van der Waals surface area contributed by atoms with Gasteiger partial charge in [0.25, 0.3) is 5.91 Å². The minimum atomic E-state index is 0.0744. The van der Waals surface area contributed by atoms with Crippen LogP contribution in [0.2, 0.25) is 5.02 Å². The van der Waals surface area contributed by atoms with Gasteiger partial charge in [0.1, 0.15) is 0 Å². The van der Waals surface area contributed by atoms with Crippen molar-refractivity contribution in [1.82, 2.24) is 14.8 Å². The molecular formula is C20H24ClN3O. The van der Waals surface area contributed by atoms with E-state index in [1.54, 1.807) is 6.20 Å². The topological polar surface area (TPSA) is 36.4 Å². The molecule has 1 aromatic heterocycles. The summed E-state index contributed by atoms with van der Waals surface area (Å²) in [7, 11) is 4.17. The number of amides is 1. The highest BCUT2D eigenvalue weighted by Gasteiger charge is 2.28. The first-order valence-electron chi connectivity index (χ1n) is 8.65. The molecule has 1 amide bonds. The van der Waals surface area contributed by atoms with Crippen molar-refractivity contribution >= 4 is 17.5 Å². The van der Waals surface area contributed by atoms with Gasteiger partial charge in [0.2, 0.25) is 0 Å². The molecule has 2 heterocycles. The minimum absolute atomic E-state index is 0.0744. The first kappa shape index (κ1) is 17.9. The lowest BCUT2D eigenvalue weighted by Gasteiger charge is -2.25. The fourth-order valence-electron chi connectivity index (χ4n) is 3.28. The van der Waals surface area contributed by atoms with Crippen LogP contribution in [0.4, 0.5) is 0 Å². The molecule has 4 nitrogen and oxygen atoms in total. The van der Waals surface area contributed by atoms with Crippen molar-refractivity contribution in [2.45, 2.75) is 19.4 Å². The number of aromatic nitrogens is 1. The molecule has 0 radical (unpaired) electrons. The van der Waals surface area contributed by atoms with Gasteiger partial charge in [0, 0.05) is 24.3 Å². The van der Waals surface area contributed by atoms with Crippen molar-refractivity contribution in [3.05, 3.63) is 64.4 Å². The van der Waals surface area contributed by atoms with Crippen LogP contribution in [0.1, 0.15) is 28.0 Å². The standard InChI is InChI=1S/C20H24ClN3O/c1-23(2)11-9-16-12-19-18(4-3-10-22-19)20(25)24(14-16)13-15-5-7-17(21)8-6-15/h3-8,10,16H,9,11-14H2,1-2H3. The quantitative estimate of drug-likeness (QED) is 0.821. The number of hydrogen-bond donors (Lipinski definition) is 0. The molecule has 0 bridgehead atoms. The lowest BCUT2D eigenvalue weighted by molar-refractivity contribution is 0.0721. The summed E-state index contributed by atoms with van der Waals surface area (Å²) in [6.07, 6.45) is 3.68. The van der Waals surface area contributed by atoms with E-state index in [9.17, 15) is 4.79 Å². The number of hydrogen-bond acceptors (Lipinski definition) is 3. The van der Waals surface area contributed by atoms with Gasteiger partial charge in [-0.2, -0.15) is 0 Å². The Balaban J connectivity index is 1.84. The predicted octanol–water partition coefficient (Wildman–Crippen LogP) is 3.50. The van der Waals surface area contributed by atoms with Gasteiger partial charge in [-0.15, -0.1) is 0 Å². The molecule has 25 heavy (non-hydrogen) atoms. The van der Waals surface area contributed by atoms with Crippen LogP contribution in [0.15, 0.2) is 42.6 Å². The summed E-state index contributed by atoms with van der Waals surface area (Å²) in [5, 5.41) is 0.712. The molecule has 5 heteroatoms. The van der Waals surface area contributed by atoms with Crippen molar-refractivity contribution in [3.8, 4) is 0 Å². The van der Waals surface area contributed by atoms with E-state index >= 15 is 0 Å². The molecule has 1 aromatic carbocycles. The van der Waals surface area contributed by atoms with Crippen LogP contribution in [-0.2, 0) is 13.0 Å². The lowest BCUT2D eigenvalue weighted by Crippen LogP contribution is -2.34. The van der Waals surface area contributed by atoms with Crippen LogP contribution in [0.25, 0.3) is 0 Å². The Hall–Kier alpha value is -1.91. The van der Waals surface area contributed by atoms with E-state index in [2.05, 4.69) is 24.0 Å². The van der Waals surface area contributed by atoms with E-state index in [1.165, 1.54) is 0 Å². The highest BCUT2D eigenvalue weighted by atomic mass is 35.5. The Morgan fingerprint density at radius 3 is 2.72 bits per heavy atom. The van der Waals surface area contributed by atoms with Crippen molar-refractivity contribution in [2.75, 3.05) is 27.2 Å². The normalized spacial score (nSPS) is 17.5. The number of halogens is 1. The Labute approximate surface area is 154 Å². The highest BCUT2D eigenvalue weighted by Crippen LogP contribution is 2.24. The van der Waals surface area contributed by atoms with E-state index in [4.69, 9.17) is 11.6 Å². The van der Waals surface area contributed by atoms with Crippen molar-refractivity contribution in [1.29, 1.82) is 0 Å². The molecular weight excluding hydrogens is 334 g/mol. The maximum absolute atomic E-state index is 13.0. The van der Waals surface area contributed by atoms with Gasteiger partial charge in [0.15, 0.2) is 0 Å². The maximum atomic E-state index is 13.0. The van der Waals surface area contributed by atoms with Crippen LogP contribution in [-0.4, -0.2) is 47.9 Å². The number of rotatable bonds is 5. The molecule has 2 aromatic rings. The molecule has 0 N–H and O–H groups in total. The van der Waals surface area contributed by atoms with Gasteiger partial charge < -0.3 is 9.80 Å². The number of nitrogens with zero attached hydrogens (tertiary/aromatic N) is 3. The molecule has 0 spiro atoms. The molecule has 0 saturated carbocycles. The second-order valence-electron chi connectivity index (χ2n) is 6.97. The maximum Gasteiger partial charge on any atom is 0.256 e. The fourth-order valence-corrected chi connectivity index (χ4v) is 3.40. The van der Waals surface area contributed by atoms with Crippen LogP contribution in [0.5, 0.6) is 0 Å². The van der Waals surface area contributed by atoms with Gasteiger partial charge >= 0.3 is 0 Å². The summed E-state index contributed by atoms with van der Waals surface area (Å²) in [6, 6.07) is 11.5. The summed E-state index contributed by atoms with van der Waals surface area (Å²) in [5.74, 6) is 0.486. The van der Waals surface area contributed by atoms with Crippen LogP contribution in [0.3, 0.4) is 0 Å². The zero-order valence-electron chi connectivity index (χ0n) is 14.8. The third kappa shape index (κ3) is 4.59. The lowest BCUT2D eigenvalue weighted by atomic mass is 9.98. The van der Waals surface area contributed by atoms with Crippen LogP contribution < -0.4 is 0 Å². The Bertz CT molecular complexity index is 730. The smallest absolute Gasteiger partial charge is 0.256 e. The Kier molecular flexibility index (Phi) is 5.71. The van der Waals surface area contributed by atoms with E-state index in [-0.39, 0.29) is 5.91 Å². The van der Waals surface area contributed by atoms with Crippen molar-refractivity contribution in [3.63, 3.8) is 0 Å². The Morgan fingerprint density at radius 2 is 2.00 bits per heavy atom. The number of fused-ring (bicyclic) bond motifs is 1. The molecule has 1 aliphatic heterocycles. The van der Waals surface area contributed by atoms with Crippen LogP contribution in [0, 0.1) is 5.92 Å². The molecule has 1 atom stereocenters. The zero-order valence-corrected chi connectivity index (χ0v) is 15.5. The first-order chi connectivity index (χ1) is 12.0. The number of pyridine rings is 1. The molecule has 1 unspecified atom stereocenters. The molecule has 0 aliphatic carbocycles. The average molecular weight is 358 g/mol. The molecule has 1 aliphatic rings. The van der Waals surface area contributed by atoms with Crippen LogP contribution >= 0.6 is 11.6 Å². The Morgan fingerprint density at radius 1 is 1.24 bits per heavy atom. The second-order valence-corrected chi connectivity index (χ2v) is 7.41. The number of carbonyl (C=O) groups excluding carboxylic acids is 1. The zero-order chi connectivity index (χ0) is 17.8. The largest absolute Gasteiger partial charge is 0.334 e. The highest BCUT2D eigenvalue weighted by molar-refractivity contribution is 6.30. The second kappa shape index (κ2) is 7.98. The fraction of sp³-hybridized carbons (Fsp3) is 0.400. The molecule has 132 valence electrons. The van der Waals surface area contributed by atoms with Gasteiger partial charge in [0.05, 0.1) is 11.3 Å². The monoisotopic (exact) mass is 357 g/mol. The number of benzene rings is 1. The van der Waals surface area contributed by atoms with E-state index in [0.29, 0.717) is 17.5 Å². The van der Waals surface area contributed by atoms with E-state index < -0.39 is 0 Å². The van der Waals surface area contributed by atoms with Crippen molar-refractivity contribution < 1.29 is 4.79 Å². The minimum Gasteiger partial charge on any atom is -0.334 e. The first-order valence-corrected chi connectivity index (χ1v) is 9.03. The summed E-state index contributed by atoms with van der Waals surface area (Å²) in [6.45, 7) is 2.37. The summed E-state index contributed by atoms with van der Waals surface area (Å²) >= 11 is 5.98. The van der Waals surface area contributed by atoms with Gasteiger partial charge in [-0.25, -0.2) is 0 Å². The average Bonchev–Trinajstić information content (AvgIpc) is 2.73. The van der Waals surface area contributed by atoms with Gasteiger partial charge in [-0.1, -0.05) is 23.7 Å². The van der Waals surface area contributed by atoms with E-state index in [0.717, 1.165) is 42.8 Å². The number of carbonyl (C=O) groups is 1. The van der Waals surface area contributed by atoms with Crippen molar-refractivity contribution in [2.24, 2.45) is 5.92 Å². The van der Waals surface area contributed by atoms with E-state index in [1.807, 2.05) is 41.3 Å². The SMILES string of the molecule is CN(C)CCC1Cc2ncccc2C(=O)N(Cc2ccc(Cl)cc2)C1. The molecule has 0 fully saturated rings. The molecule has 0 saturated heterocycles. The predicted molar refractivity (Wildman–Crippen MR) is 101 cm³/mol. The summed E-state index contributed by atoms with van der Waals surface area (Å²) in [4.78, 5) is 21.7. The third-order valence-corrected chi connectivity index (χ3v) is 4.89. The van der Waals surface area contributed by atoms with Gasteiger partial charge in [-0.3, -0.25) is 9.78 Å².